The molecule has 13 heteroatoms. The predicted molar refractivity (Wildman–Crippen MR) is 189 cm³/mol. The number of aromatic hydroxyl groups is 1. The number of oxazole rings is 1. The molecular formula is C37H38F2N4O7. The highest BCUT2D eigenvalue weighted by Gasteiger charge is 2.15. The van der Waals surface area contributed by atoms with E-state index in [1.807, 2.05) is 66.7 Å². The molecule has 50 heavy (non-hydrogen) atoms. The van der Waals surface area contributed by atoms with Gasteiger partial charge < -0.3 is 30.0 Å². The van der Waals surface area contributed by atoms with E-state index in [9.17, 15) is 29.7 Å². The number of phenolic OH excluding ortho intramolecular Hbond substituents is 1. The Balaban J connectivity index is 0.00000281. The van der Waals surface area contributed by atoms with E-state index in [4.69, 9.17) is 4.42 Å². The van der Waals surface area contributed by atoms with Crippen molar-refractivity contribution in [2.75, 3.05) is 11.9 Å². The molecule has 0 fully saturated rings. The summed E-state index contributed by atoms with van der Waals surface area (Å²) in [6.45, 7) is 1.15. The number of carbonyl (C=O) groups is 1. The molecule has 2 heterocycles. The predicted octanol–water partition coefficient (Wildman–Crippen LogP) is 6.44. The summed E-state index contributed by atoms with van der Waals surface area (Å²) in [6.07, 6.45) is 1.30. The first-order chi connectivity index (χ1) is 23.3. The van der Waals surface area contributed by atoms with Gasteiger partial charge in [-0.05, 0) is 71.8 Å². The van der Waals surface area contributed by atoms with E-state index in [2.05, 4.69) is 15.6 Å². The maximum atomic E-state index is 12.7. The summed E-state index contributed by atoms with van der Waals surface area (Å²) in [5.41, 5.74) is 5.95. The molecule has 6 N–H and O–H groups in total. The maximum Gasteiger partial charge on any atom is 0.419 e. The second-order valence-electron chi connectivity index (χ2n) is 11.7. The minimum atomic E-state index is -1.11. The van der Waals surface area contributed by atoms with Gasteiger partial charge in [0, 0.05) is 36.7 Å². The number of nitrogens with zero attached hydrogens (tertiary/aromatic N) is 1. The summed E-state index contributed by atoms with van der Waals surface area (Å²) in [4.78, 5) is 38.4. The van der Waals surface area contributed by atoms with E-state index >= 15 is 0 Å². The molecule has 262 valence electrons. The standard InChI is InChI=1S/C37H36N4O7.2FH/c42-31-16-13-27(28-14-17-34(44)40-35(28)31)32(43)22-38-21-24-11-15-30-33(20-24)48-37(47)41(30)18-6-2-3-7-23-10-12-26(25-8-4-1-5-9-25)29(19-23)39-36(45)46;;/h1,4-5,8-17,19-20,32,38-39,42-43H,2-3,6-7,18,21-22H2,(H,40,44)(H,45,46);2*1H/t32-;;/m0../s1. The number of pyridine rings is 1. The number of aromatic amines is 1. The molecule has 0 aliphatic carbocycles. The number of aliphatic hydroxyl groups excluding tert-OH is 1. The van der Waals surface area contributed by atoms with Crippen molar-refractivity contribution < 1.29 is 33.9 Å². The molecule has 0 spiro atoms. The van der Waals surface area contributed by atoms with Gasteiger partial charge in [0.25, 0.3) is 0 Å². The molecular weight excluding hydrogens is 650 g/mol. The highest BCUT2D eigenvalue weighted by atomic mass is 19.0. The van der Waals surface area contributed by atoms with Gasteiger partial charge in [-0.15, -0.1) is 0 Å². The average Bonchev–Trinajstić information content (AvgIpc) is 3.39. The van der Waals surface area contributed by atoms with E-state index in [0.29, 0.717) is 40.8 Å². The number of anilines is 1. The van der Waals surface area contributed by atoms with Crippen LogP contribution >= 0.6 is 0 Å². The number of nitrogens with one attached hydrogen (secondary N) is 3. The van der Waals surface area contributed by atoms with Gasteiger partial charge in [-0.3, -0.25) is 24.1 Å². The van der Waals surface area contributed by atoms with Crippen molar-refractivity contribution >= 4 is 33.8 Å². The Morgan fingerprint density at radius 3 is 2.44 bits per heavy atom. The number of halogens is 2. The molecule has 4 aromatic carbocycles. The van der Waals surface area contributed by atoms with Crippen LogP contribution in [0, 0.1) is 0 Å². The highest BCUT2D eigenvalue weighted by Crippen LogP contribution is 2.30. The number of aryl methyl sites for hydroxylation is 2. The van der Waals surface area contributed by atoms with Crippen molar-refractivity contribution in [1.29, 1.82) is 0 Å². The lowest BCUT2D eigenvalue weighted by Crippen LogP contribution is -2.21. The number of benzene rings is 4. The van der Waals surface area contributed by atoms with Crippen LogP contribution in [0.2, 0.25) is 0 Å². The quantitative estimate of drug-likeness (QED) is 0.0754. The van der Waals surface area contributed by atoms with Gasteiger partial charge >= 0.3 is 11.8 Å². The van der Waals surface area contributed by atoms with Gasteiger partial charge in [-0.2, -0.15) is 0 Å². The van der Waals surface area contributed by atoms with Crippen LogP contribution in [-0.2, 0) is 19.5 Å². The largest absolute Gasteiger partial charge is 0.506 e. The van der Waals surface area contributed by atoms with Crippen LogP contribution in [0.3, 0.4) is 0 Å². The molecule has 0 aliphatic heterocycles. The molecule has 2 aromatic heterocycles. The minimum Gasteiger partial charge on any atom is -0.506 e. The number of unbranched alkanes of at least 4 members (excludes halogenated alkanes) is 2. The number of phenols is 1. The van der Waals surface area contributed by atoms with Crippen LogP contribution in [0.5, 0.6) is 5.75 Å². The highest BCUT2D eigenvalue weighted by molar-refractivity contribution is 5.91. The molecule has 6 aromatic rings. The number of fused-ring (bicyclic) bond motifs is 2. The van der Waals surface area contributed by atoms with Crippen molar-refractivity contribution in [2.24, 2.45) is 0 Å². The minimum absolute atomic E-state index is 0. The third-order valence-corrected chi connectivity index (χ3v) is 8.42. The van der Waals surface area contributed by atoms with E-state index in [1.165, 1.54) is 12.1 Å². The molecule has 0 unspecified atom stereocenters. The Kier molecular flexibility index (Phi) is 12.3. The number of aromatic nitrogens is 2. The first-order valence-electron chi connectivity index (χ1n) is 15.8. The average molecular weight is 689 g/mol. The molecule has 0 radical (unpaired) electrons. The summed E-state index contributed by atoms with van der Waals surface area (Å²) < 4.78 is 7.19. The van der Waals surface area contributed by atoms with Crippen molar-refractivity contribution in [1.82, 2.24) is 14.9 Å². The zero-order chi connectivity index (χ0) is 33.6. The number of aliphatic hydroxyl groups is 1. The Bertz CT molecular complexity index is 2200. The third kappa shape index (κ3) is 8.43. The SMILES string of the molecule is F.F.O=C(O)Nc1cc(CCCCCn2c(=O)oc3cc(CNC[C@H](O)c4ccc(O)c5[nH]c(=O)ccc45)ccc32)ccc1-c1ccccc1. The third-order valence-electron chi connectivity index (χ3n) is 8.42. The van der Waals surface area contributed by atoms with Crippen molar-refractivity contribution in [3.05, 3.63) is 129 Å². The Hall–Kier alpha value is -5.79. The Morgan fingerprint density at radius 1 is 0.880 bits per heavy atom. The van der Waals surface area contributed by atoms with Gasteiger partial charge in [0.05, 0.1) is 22.8 Å². The zero-order valence-corrected chi connectivity index (χ0v) is 26.9. The second kappa shape index (κ2) is 16.5. The van der Waals surface area contributed by atoms with Crippen molar-refractivity contribution in [3.8, 4) is 16.9 Å². The maximum absolute atomic E-state index is 12.7. The van der Waals surface area contributed by atoms with Crippen LogP contribution in [-0.4, -0.2) is 37.5 Å². The normalized spacial score (nSPS) is 11.5. The van der Waals surface area contributed by atoms with E-state index in [0.717, 1.165) is 47.9 Å². The van der Waals surface area contributed by atoms with Gasteiger partial charge in [-0.25, -0.2) is 9.59 Å². The Labute approximate surface area is 284 Å². The van der Waals surface area contributed by atoms with Crippen LogP contribution in [0.15, 0.2) is 105 Å². The summed E-state index contributed by atoms with van der Waals surface area (Å²) >= 11 is 0. The van der Waals surface area contributed by atoms with E-state index < -0.39 is 18.0 Å². The molecule has 0 bridgehead atoms. The fourth-order valence-corrected chi connectivity index (χ4v) is 6.06. The van der Waals surface area contributed by atoms with Gasteiger partial charge in [0.2, 0.25) is 5.56 Å². The number of amides is 1. The first kappa shape index (κ1) is 37.0. The monoisotopic (exact) mass is 688 g/mol. The molecule has 1 amide bonds. The first-order valence-corrected chi connectivity index (χ1v) is 15.8. The number of carboxylic acid groups (broad SMARTS) is 1. The van der Waals surface area contributed by atoms with Crippen LogP contribution in [0.1, 0.15) is 42.1 Å². The number of hydrogen-bond donors (Lipinski definition) is 6. The molecule has 1 atom stereocenters. The topological polar surface area (TPSA) is 170 Å². The fourth-order valence-electron chi connectivity index (χ4n) is 6.06. The second-order valence-corrected chi connectivity index (χ2v) is 11.7. The zero-order valence-electron chi connectivity index (χ0n) is 26.9. The van der Waals surface area contributed by atoms with Crippen LogP contribution in [0.4, 0.5) is 19.9 Å². The van der Waals surface area contributed by atoms with Gasteiger partial charge in [0.15, 0.2) is 5.58 Å². The van der Waals surface area contributed by atoms with Crippen LogP contribution in [0.25, 0.3) is 33.1 Å². The van der Waals surface area contributed by atoms with Crippen LogP contribution < -0.4 is 21.9 Å². The van der Waals surface area contributed by atoms with Gasteiger partial charge in [-0.1, -0.05) is 61.0 Å². The molecule has 0 saturated heterocycles. The fraction of sp³-hybridized carbons (Fsp3) is 0.216. The summed E-state index contributed by atoms with van der Waals surface area (Å²) in [5, 5.41) is 36.6. The molecule has 11 nitrogen and oxygen atoms in total. The summed E-state index contributed by atoms with van der Waals surface area (Å²) in [5.74, 6) is -0.479. The number of rotatable bonds is 13. The molecule has 0 aliphatic rings. The smallest absolute Gasteiger partial charge is 0.419 e. The van der Waals surface area contributed by atoms with Crippen molar-refractivity contribution in [2.45, 2.75) is 44.9 Å². The Morgan fingerprint density at radius 2 is 1.66 bits per heavy atom. The summed E-state index contributed by atoms with van der Waals surface area (Å²) in [7, 11) is 0. The van der Waals surface area contributed by atoms with Gasteiger partial charge in [0.1, 0.15) is 5.75 Å². The molecule has 0 saturated carbocycles. The number of hydrogen-bond acceptors (Lipinski definition) is 7. The lowest BCUT2D eigenvalue weighted by Gasteiger charge is -2.15. The van der Waals surface area contributed by atoms with E-state index in [-0.39, 0.29) is 32.8 Å². The lowest BCUT2D eigenvalue weighted by molar-refractivity contribution is 0.176. The number of H-pyrrole nitrogens is 1. The molecule has 6 rings (SSSR count). The van der Waals surface area contributed by atoms with E-state index in [1.54, 1.807) is 16.7 Å². The lowest BCUT2D eigenvalue weighted by atomic mass is 9.99. The summed E-state index contributed by atoms with van der Waals surface area (Å²) in [6, 6.07) is 27.1. The van der Waals surface area contributed by atoms with Crippen molar-refractivity contribution in [3.63, 3.8) is 0 Å².